The third kappa shape index (κ3) is 4.43. The Kier molecular flexibility index (Phi) is 5.38. The van der Waals surface area contributed by atoms with Gasteiger partial charge in [0.15, 0.2) is 12.4 Å². The van der Waals surface area contributed by atoms with Gasteiger partial charge in [-0.3, -0.25) is 9.59 Å². The second-order valence-electron chi connectivity index (χ2n) is 7.31. The van der Waals surface area contributed by atoms with Crippen molar-refractivity contribution in [2.45, 2.75) is 46.5 Å². The molecule has 0 aromatic heterocycles. The van der Waals surface area contributed by atoms with E-state index in [0.717, 1.165) is 25.7 Å². The molecule has 1 fully saturated rings. The third-order valence-electron chi connectivity index (χ3n) is 4.73. The lowest BCUT2D eigenvalue weighted by Crippen LogP contribution is -2.30. The molecule has 1 aliphatic carbocycles. The van der Waals surface area contributed by atoms with Gasteiger partial charge < -0.3 is 4.74 Å². The van der Waals surface area contributed by atoms with E-state index in [1.54, 1.807) is 12.1 Å². The molecule has 0 saturated heterocycles. The molecule has 0 atom stereocenters. The van der Waals surface area contributed by atoms with Crippen molar-refractivity contribution in [2.75, 3.05) is 6.61 Å². The van der Waals surface area contributed by atoms with Crippen LogP contribution in [0.25, 0.3) is 0 Å². The molecule has 22 heavy (non-hydrogen) atoms. The largest absolute Gasteiger partial charge is 0.457 e. The Morgan fingerprint density at radius 1 is 1.05 bits per heavy atom. The van der Waals surface area contributed by atoms with Crippen LogP contribution in [0.3, 0.4) is 0 Å². The maximum atomic E-state index is 12.1. The van der Waals surface area contributed by atoms with Crippen LogP contribution in [0, 0.1) is 17.3 Å². The van der Waals surface area contributed by atoms with E-state index >= 15 is 0 Å². The Bertz CT molecular complexity index is 505. The van der Waals surface area contributed by atoms with Gasteiger partial charge in [0, 0.05) is 5.56 Å². The van der Waals surface area contributed by atoms with E-state index in [0.29, 0.717) is 16.9 Å². The quantitative estimate of drug-likeness (QED) is 0.616. The molecule has 3 heteroatoms. The van der Waals surface area contributed by atoms with Gasteiger partial charge >= 0.3 is 5.97 Å². The molecule has 3 nitrogen and oxygen atoms in total. The van der Waals surface area contributed by atoms with Crippen molar-refractivity contribution in [3.63, 3.8) is 0 Å². The number of ether oxygens (including phenoxy) is 1. The summed E-state index contributed by atoms with van der Waals surface area (Å²) in [4.78, 5) is 24.1. The highest BCUT2D eigenvalue weighted by Crippen LogP contribution is 2.40. The summed E-state index contributed by atoms with van der Waals surface area (Å²) in [5.41, 5.74) is 0.893. The van der Waals surface area contributed by atoms with Gasteiger partial charge in [-0.2, -0.15) is 0 Å². The Morgan fingerprint density at radius 2 is 1.64 bits per heavy atom. The highest BCUT2D eigenvalue weighted by atomic mass is 16.5. The van der Waals surface area contributed by atoms with Crippen molar-refractivity contribution in [3.05, 3.63) is 35.9 Å². The monoisotopic (exact) mass is 302 g/mol. The van der Waals surface area contributed by atoms with Crippen molar-refractivity contribution in [1.29, 1.82) is 0 Å². The number of carbonyl (C=O) groups excluding carboxylic acids is 2. The van der Waals surface area contributed by atoms with E-state index in [1.165, 1.54) is 0 Å². The molecular weight excluding hydrogens is 276 g/mol. The summed E-state index contributed by atoms with van der Waals surface area (Å²) >= 11 is 0. The summed E-state index contributed by atoms with van der Waals surface area (Å²) in [7, 11) is 0. The van der Waals surface area contributed by atoms with Crippen molar-refractivity contribution >= 4 is 11.8 Å². The van der Waals surface area contributed by atoms with E-state index in [2.05, 4.69) is 20.8 Å². The molecule has 2 rings (SSSR count). The average molecular weight is 302 g/mol. The maximum Gasteiger partial charge on any atom is 0.309 e. The maximum absolute atomic E-state index is 12.1. The van der Waals surface area contributed by atoms with Crippen LogP contribution in [-0.2, 0) is 9.53 Å². The molecule has 0 N–H and O–H groups in total. The van der Waals surface area contributed by atoms with Gasteiger partial charge in [0.05, 0.1) is 5.92 Å². The van der Waals surface area contributed by atoms with Gasteiger partial charge in [0.25, 0.3) is 0 Å². The zero-order valence-electron chi connectivity index (χ0n) is 13.8. The molecule has 1 aromatic carbocycles. The van der Waals surface area contributed by atoms with Gasteiger partial charge in [0.2, 0.25) is 0 Å². The molecule has 0 unspecified atom stereocenters. The summed E-state index contributed by atoms with van der Waals surface area (Å²) in [6.07, 6.45) is 3.88. The first-order valence-corrected chi connectivity index (χ1v) is 8.13. The molecule has 0 heterocycles. The Labute approximate surface area is 133 Å². The molecular formula is C19H26O3. The zero-order chi connectivity index (χ0) is 16.2. The van der Waals surface area contributed by atoms with Crippen LogP contribution in [0.4, 0.5) is 0 Å². The first-order chi connectivity index (χ1) is 10.4. The van der Waals surface area contributed by atoms with Crippen LogP contribution < -0.4 is 0 Å². The number of hydrogen-bond acceptors (Lipinski definition) is 3. The molecule has 1 saturated carbocycles. The average Bonchev–Trinajstić information content (AvgIpc) is 2.52. The topological polar surface area (TPSA) is 43.4 Å². The van der Waals surface area contributed by atoms with Gasteiger partial charge in [-0.25, -0.2) is 0 Å². The van der Waals surface area contributed by atoms with Crippen LogP contribution in [0.5, 0.6) is 0 Å². The van der Waals surface area contributed by atoms with Crippen LogP contribution in [-0.4, -0.2) is 18.4 Å². The molecule has 0 amide bonds. The predicted octanol–water partition coefficient (Wildman–Crippen LogP) is 4.27. The lowest BCUT2D eigenvalue weighted by atomic mass is 9.70. The molecule has 0 radical (unpaired) electrons. The second-order valence-corrected chi connectivity index (χ2v) is 7.31. The van der Waals surface area contributed by atoms with E-state index in [1.807, 2.05) is 18.2 Å². The van der Waals surface area contributed by atoms with Crippen molar-refractivity contribution in [3.8, 4) is 0 Å². The predicted molar refractivity (Wildman–Crippen MR) is 86.6 cm³/mol. The van der Waals surface area contributed by atoms with E-state index in [4.69, 9.17) is 4.74 Å². The summed E-state index contributed by atoms with van der Waals surface area (Å²) in [6, 6.07) is 8.96. The number of Topliss-reactive ketones (excluding diaryl/α,β-unsaturated/α-hetero) is 1. The highest BCUT2D eigenvalue weighted by molar-refractivity contribution is 5.97. The fourth-order valence-corrected chi connectivity index (χ4v) is 3.16. The van der Waals surface area contributed by atoms with Crippen molar-refractivity contribution in [1.82, 2.24) is 0 Å². The Balaban J connectivity index is 1.78. The van der Waals surface area contributed by atoms with Gasteiger partial charge in [-0.1, -0.05) is 51.1 Å². The Morgan fingerprint density at radius 3 is 2.18 bits per heavy atom. The number of hydrogen-bond donors (Lipinski definition) is 0. The molecule has 1 aromatic rings. The normalized spacial score (nSPS) is 22.1. The van der Waals surface area contributed by atoms with Gasteiger partial charge in [0.1, 0.15) is 0 Å². The van der Waals surface area contributed by atoms with Crippen LogP contribution >= 0.6 is 0 Å². The minimum atomic E-state index is -0.211. The number of ketones is 1. The number of esters is 1. The zero-order valence-corrected chi connectivity index (χ0v) is 13.8. The van der Waals surface area contributed by atoms with E-state index in [9.17, 15) is 9.59 Å². The lowest BCUT2D eigenvalue weighted by Gasteiger charge is -2.36. The van der Waals surface area contributed by atoms with Gasteiger partial charge in [-0.05, 0) is 37.0 Å². The summed E-state index contributed by atoms with van der Waals surface area (Å²) < 4.78 is 5.23. The smallest absolute Gasteiger partial charge is 0.309 e. The fraction of sp³-hybridized carbons (Fsp3) is 0.579. The SMILES string of the molecule is CC(C)(C)C1CCC(C(=O)OCC(=O)c2ccccc2)CC1. The first kappa shape index (κ1) is 16.7. The summed E-state index contributed by atoms with van der Waals surface area (Å²) in [5, 5.41) is 0. The molecule has 0 aliphatic heterocycles. The summed E-state index contributed by atoms with van der Waals surface area (Å²) in [6.45, 7) is 6.63. The van der Waals surface area contributed by atoms with Crippen LogP contribution in [0.2, 0.25) is 0 Å². The molecule has 120 valence electrons. The van der Waals surface area contributed by atoms with E-state index < -0.39 is 0 Å². The molecule has 0 spiro atoms. The number of benzene rings is 1. The standard InChI is InChI=1S/C19H26O3/c1-19(2,3)16-11-9-15(10-12-16)18(21)22-13-17(20)14-7-5-4-6-8-14/h4-8,15-16H,9-13H2,1-3H3. The lowest BCUT2D eigenvalue weighted by molar-refractivity contribution is -0.149. The van der Waals surface area contributed by atoms with Crippen molar-refractivity contribution in [2.24, 2.45) is 17.3 Å². The van der Waals surface area contributed by atoms with Crippen LogP contribution in [0.15, 0.2) is 30.3 Å². The number of rotatable bonds is 4. The fourth-order valence-electron chi connectivity index (χ4n) is 3.16. The number of carbonyl (C=O) groups is 2. The minimum absolute atomic E-state index is 0.0397. The second kappa shape index (κ2) is 7.08. The highest BCUT2D eigenvalue weighted by Gasteiger charge is 2.33. The summed E-state index contributed by atoms with van der Waals surface area (Å²) in [5.74, 6) is 0.277. The molecule has 1 aliphatic rings. The van der Waals surface area contributed by atoms with E-state index in [-0.39, 0.29) is 24.3 Å². The Hall–Kier alpha value is -1.64. The third-order valence-corrected chi connectivity index (χ3v) is 4.73. The van der Waals surface area contributed by atoms with Crippen molar-refractivity contribution < 1.29 is 14.3 Å². The molecule has 0 bridgehead atoms. The first-order valence-electron chi connectivity index (χ1n) is 8.13. The van der Waals surface area contributed by atoms with Crippen LogP contribution in [0.1, 0.15) is 56.8 Å². The van der Waals surface area contributed by atoms with Gasteiger partial charge in [-0.15, -0.1) is 0 Å². The minimum Gasteiger partial charge on any atom is -0.457 e.